The Labute approximate surface area is 187 Å². The van der Waals surface area contributed by atoms with Gasteiger partial charge in [-0.2, -0.15) is 13.2 Å². The van der Waals surface area contributed by atoms with E-state index >= 15 is 0 Å². The number of nitrogens with two attached hydrogens (primary N) is 1. The molecule has 0 aliphatic heterocycles. The highest BCUT2D eigenvalue weighted by molar-refractivity contribution is 5.95. The van der Waals surface area contributed by atoms with Crippen molar-refractivity contribution in [2.24, 2.45) is 5.73 Å². The Morgan fingerprint density at radius 3 is 1.97 bits per heavy atom. The number of hydrogen-bond donors (Lipinski definition) is 5. The summed E-state index contributed by atoms with van der Waals surface area (Å²) in [6.45, 7) is 4.66. The summed E-state index contributed by atoms with van der Waals surface area (Å²) in [4.78, 5) is 20.7. The molecule has 0 fully saturated rings. The minimum absolute atomic E-state index is 0.0424. The van der Waals surface area contributed by atoms with Crippen molar-refractivity contribution in [2.45, 2.75) is 26.1 Å². The summed E-state index contributed by atoms with van der Waals surface area (Å²) >= 11 is 0. The number of nitrogens with one attached hydrogen (secondary N) is 2. The Morgan fingerprint density at radius 1 is 1.03 bits per heavy atom. The molecule has 0 aliphatic carbocycles. The maximum absolute atomic E-state index is 11.8. The van der Waals surface area contributed by atoms with E-state index in [4.69, 9.17) is 30.5 Å². The van der Waals surface area contributed by atoms with Gasteiger partial charge < -0.3 is 30.7 Å². The third kappa shape index (κ3) is 8.59. The number of carboxylic acids is 2. The number of carboxylic acid groups (broad SMARTS) is 2. The van der Waals surface area contributed by atoms with Crippen molar-refractivity contribution in [3.63, 3.8) is 0 Å². The van der Waals surface area contributed by atoms with E-state index in [1.165, 1.54) is 0 Å². The summed E-state index contributed by atoms with van der Waals surface area (Å²) < 4.78 is 42.8. The molecule has 1 unspecified atom stereocenters. The van der Waals surface area contributed by atoms with Crippen LogP contribution >= 0.6 is 0 Å². The number of hydrogen-bond acceptors (Lipinski definition) is 6. The zero-order valence-corrected chi connectivity index (χ0v) is 17.8. The molecule has 9 nitrogen and oxygen atoms in total. The van der Waals surface area contributed by atoms with Gasteiger partial charge >= 0.3 is 18.1 Å². The first-order valence-electron chi connectivity index (χ1n) is 9.54. The Kier molecular flexibility index (Phi) is 9.99. The van der Waals surface area contributed by atoms with E-state index < -0.39 is 24.2 Å². The molecule has 0 heterocycles. The number of halogens is 3. The molecule has 0 bridgehead atoms. The fourth-order valence-electron chi connectivity index (χ4n) is 2.45. The van der Waals surface area contributed by atoms with Crippen molar-refractivity contribution in [1.82, 2.24) is 0 Å². The molecule has 6 N–H and O–H groups in total. The fraction of sp³-hybridized carbons (Fsp3) is 0.286. The van der Waals surface area contributed by atoms with Crippen LogP contribution in [0.4, 0.5) is 18.9 Å². The van der Waals surface area contributed by atoms with E-state index in [0.29, 0.717) is 41.5 Å². The van der Waals surface area contributed by atoms with Gasteiger partial charge in [0, 0.05) is 11.3 Å². The fourth-order valence-corrected chi connectivity index (χ4v) is 2.45. The summed E-state index contributed by atoms with van der Waals surface area (Å²) in [6, 6.07) is 10.8. The molecule has 0 amide bonds. The number of nitrogen functional groups attached to an aromatic ring is 1. The van der Waals surface area contributed by atoms with Gasteiger partial charge in [0.05, 0.1) is 13.2 Å². The molecule has 180 valence electrons. The third-order valence-electron chi connectivity index (χ3n) is 3.90. The van der Waals surface area contributed by atoms with Crippen molar-refractivity contribution >= 4 is 23.5 Å². The topological polar surface area (TPSA) is 155 Å². The normalized spacial score (nSPS) is 11.4. The molecular formula is C21H24F3N3O6. The maximum atomic E-state index is 11.8. The highest BCUT2D eigenvalue weighted by atomic mass is 19.4. The lowest BCUT2D eigenvalue weighted by molar-refractivity contribution is -0.192. The van der Waals surface area contributed by atoms with Gasteiger partial charge in [0.25, 0.3) is 0 Å². The molecule has 33 heavy (non-hydrogen) atoms. The van der Waals surface area contributed by atoms with Crippen molar-refractivity contribution in [3.05, 3.63) is 53.6 Å². The number of benzene rings is 2. The number of ether oxygens (including phenoxy) is 2. The van der Waals surface area contributed by atoms with E-state index in [0.717, 1.165) is 0 Å². The number of amidine groups is 1. The second-order valence-corrected chi connectivity index (χ2v) is 6.28. The Balaban J connectivity index is 0.000000675. The minimum Gasteiger partial charge on any atom is -0.490 e. The molecule has 0 radical (unpaired) electrons. The molecule has 0 saturated carbocycles. The minimum atomic E-state index is -5.08. The quantitative estimate of drug-likeness (QED) is 0.274. The monoisotopic (exact) mass is 471 g/mol. The highest BCUT2D eigenvalue weighted by Crippen LogP contribution is 2.32. The second kappa shape index (κ2) is 12.2. The van der Waals surface area contributed by atoms with Gasteiger partial charge in [-0.3, -0.25) is 5.41 Å². The molecular weight excluding hydrogens is 447 g/mol. The van der Waals surface area contributed by atoms with E-state index in [9.17, 15) is 23.1 Å². The van der Waals surface area contributed by atoms with Crippen LogP contribution in [0.2, 0.25) is 0 Å². The first-order valence-corrected chi connectivity index (χ1v) is 9.54. The summed E-state index contributed by atoms with van der Waals surface area (Å²) in [6.07, 6.45) is -5.08. The first kappa shape index (κ1) is 27.1. The van der Waals surface area contributed by atoms with Crippen LogP contribution in [0.5, 0.6) is 11.5 Å². The zero-order valence-electron chi connectivity index (χ0n) is 17.8. The summed E-state index contributed by atoms with van der Waals surface area (Å²) in [5, 5.41) is 27.1. The number of aliphatic carboxylic acids is 2. The number of alkyl halides is 3. The Bertz CT molecular complexity index is 965. The van der Waals surface area contributed by atoms with Gasteiger partial charge in [-0.1, -0.05) is 6.07 Å². The van der Waals surface area contributed by atoms with E-state index in [-0.39, 0.29) is 5.84 Å². The van der Waals surface area contributed by atoms with E-state index in [1.54, 1.807) is 42.5 Å². The molecule has 0 aromatic heterocycles. The predicted molar refractivity (Wildman–Crippen MR) is 114 cm³/mol. The number of rotatable bonds is 9. The van der Waals surface area contributed by atoms with Crippen LogP contribution < -0.4 is 20.5 Å². The second-order valence-electron chi connectivity index (χ2n) is 6.28. The molecule has 2 aromatic carbocycles. The van der Waals surface area contributed by atoms with Crippen molar-refractivity contribution in [1.29, 1.82) is 5.41 Å². The van der Waals surface area contributed by atoms with Crippen LogP contribution in [0, 0.1) is 5.41 Å². The highest BCUT2D eigenvalue weighted by Gasteiger charge is 2.38. The van der Waals surface area contributed by atoms with Crippen LogP contribution in [-0.2, 0) is 9.59 Å². The van der Waals surface area contributed by atoms with Crippen molar-refractivity contribution in [3.8, 4) is 11.5 Å². The lowest BCUT2D eigenvalue weighted by Gasteiger charge is -2.19. The first-order chi connectivity index (χ1) is 15.4. The Hall–Kier alpha value is -3.96. The summed E-state index contributed by atoms with van der Waals surface area (Å²) in [5.74, 6) is -2.74. The lowest BCUT2D eigenvalue weighted by atomic mass is 10.1. The van der Waals surface area contributed by atoms with E-state index in [2.05, 4.69) is 5.32 Å². The molecule has 0 spiro atoms. The molecule has 2 aromatic rings. The summed E-state index contributed by atoms with van der Waals surface area (Å²) in [7, 11) is 0. The maximum Gasteiger partial charge on any atom is 0.490 e. The van der Waals surface area contributed by atoms with Crippen LogP contribution in [0.25, 0.3) is 0 Å². The average Bonchev–Trinajstić information content (AvgIpc) is 2.73. The lowest BCUT2D eigenvalue weighted by Crippen LogP contribution is -2.21. The standard InChI is InChI=1S/C19H23N3O4.C2HF3O2/c1-3-25-15-10-7-13(11-16(15)26-4-2)17(19(23)24)22-14-8-5-12(6-9-14)18(20)21;3-2(4,5)1(6)7/h5-11,17,22H,3-4H2,1-2H3,(H3,20,21)(H,23,24);(H,6,7). The largest absolute Gasteiger partial charge is 0.490 e. The number of carbonyl (C=O) groups is 2. The van der Waals surface area contributed by atoms with Crippen LogP contribution in [0.15, 0.2) is 42.5 Å². The third-order valence-corrected chi connectivity index (χ3v) is 3.90. The molecule has 0 aliphatic rings. The smallest absolute Gasteiger partial charge is 0.490 e. The van der Waals surface area contributed by atoms with Gasteiger partial charge in [-0.05, 0) is 55.8 Å². The molecule has 0 saturated heterocycles. The Morgan fingerprint density at radius 2 is 1.55 bits per heavy atom. The van der Waals surface area contributed by atoms with Crippen LogP contribution in [0.3, 0.4) is 0 Å². The SMILES string of the molecule is CCOc1ccc(C(Nc2ccc(C(=N)N)cc2)C(=O)O)cc1OCC.O=C(O)C(F)(F)F. The van der Waals surface area contributed by atoms with Gasteiger partial charge in [0.2, 0.25) is 0 Å². The van der Waals surface area contributed by atoms with Crippen molar-refractivity contribution < 1.29 is 42.4 Å². The molecule has 2 rings (SSSR count). The van der Waals surface area contributed by atoms with Crippen LogP contribution in [0.1, 0.15) is 31.0 Å². The zero-order chi connectivity index (χ0) is 25.2. The van der Waals surface area contributed by atoms with Gasteiger partial charge in [0.15, 0.2) is 17.5 Å². The van der Waals surface area contributed by atoms with Crippen LogP contribution in [-0.4, -0.2) is 47.4 Å². The summed E-state index contributed by atoms with van der Waals surface area (Å²) in [5.41, 5.74) is 7.15. The van der Waals surface area contributed by atoms with E-state index in [1.807, 2.05) is 13.8 Å². The molecule has 1 atom stereocenters. The molecule has 12 heteroatoms. The van der Waals surface area contributed by atoms with Gasteiger partial charge in [-0.15, -0.1) is 0 Å². The average molecular weight is 471 g/mol. The van der Waals surface area contributed by atoms with Crippen molar-refractivity contribution in [2.75, 3.05) is 18.5 Å². The predicted octanol–water partition coefficient (Wildman–Crippen LogP) is 3.64. The van der Waals surface area contributed by atoms with Gasteiger partial charge in [0.1, 0.15) is 5.84 Å². The number of anilines is 1. The van der Waals surface area contributed by atoms with Gasteiger partial charge in [-0.25, -0.2) is 9.59 Å².